The van der Waals surface area contributed by atoms with Crippen molar-refractivity contribution in [2.24, 2.45) is 5.41 Å². The largest absolute Gasteiger partial charge is 0.619 e. The second-order valence-corrected chi connectivity index (χ2v) is 6.53. The summed E-state index contributed by atoms with van der Waals surface area (Å²) in [6, 6.07) is 0. The van der Waals surface area contributed by atoms with Crippen LogP contribution >= 0.6 is 0 Å². The Labute approximate surface area is 138 Å². The number of aliphatic hydroxyl groups excluding tert-OH is 1. The second-order valence-electron chi connectivity index (χ2n) is 6.53. The molecule has 2 heterocycles. The summed E-state index contributed by atoms with van der Waals surface area (Å²) in [7, 11) is 1.32. The highest BCUT2D eigenvalue weighted by Crippen LogP contribution is 2.57. The normalized spacial score (nSPS) is 24.7. The van der Waals surface area contributed by atoms with Gasteiger partial charge >= 0.3 is 5.97 Å². The number of carbonyl (C=O) groups is 1. The molecule has 0 radical (unpaired) electrons. The van der Waals surface area contributed by atoms with Crippen LogP contribution in [0.15, 0.2) is 18.6 Å². The third kappa shape index (κ3) is 1.96. The number of carbonyl (C=O) groups excluding carboxylic acids is 1. The van der Waals surface area contributed by atoms with E-state index in [1.807, 2.05) is 0 Å². The molecule has 2 unspecified atom stereocenters. The Morgan fingerprint density at radius 1 is 1.62 bits per heavy atom. The van der Waals surface area contributed by atoms with E-state index in [1.54, 1.807) is 4.68 Å². The first kappa shape index (κ1) is 15.1. The van der Waals surface area contributed by atoms with Crippen LogP contribution in [0.5, 0.6) is 0 Å². The number of hydrogen-bond acceptors (Lipinski definition) is 6. The van der Waals surface area contributed by atoms with Crippen LogP contribution in [0.4, 0.5) is 0 Å². The van der Waals surface area contributed by atoms with E-state index >= 15 is 0 Å². The average molecular weight is 330 g/mol. The SMILES string of the molecule is COC(=O)c1nn(-c2c[n+]([O-])ccn2)c2c1CC1(CO)CCCC21. The molecule has 1 N–H and O–H groups in total. The molecule has 2 atom stereocenters. The Bertz CT molecular complexity index is 818. The van der Waals surface area contributed by atoms with E-state index in [4.69, 9.17) is 4.74 Å². The van der Waals surface area contributed by atoms with Crippen molar-refractivity contribution in [3.8, 4) is 5.82 Å². The number of rotatable bonds is 3. The molecule has 2 aliphatic rings. The van der Waals surface area contributed by atoms with Crippen LogP contribution in [0, 0.1) is 10.6 Å². The van der Waals surface area contributed by atoms with Gasteiger partial charge in [-0.1, -0.05) is 6.42 Å². The lowest BCUT2D eigenvalue weighted by atomic mass is 9.80. The Morgan fingerprint density at radius 3 is 3.17 bits per heavy atom. The molecule has 4 rings (SSSR count). The lowest BCUT2D eigenvalue weighted by Crippen LogP contribution is -2.29. The van der Waals surface area contributed by atoms with Crippen LogP contribution in [0.3, 0.4) is 0 Å². The molecule has 126 valence electrons. The van der Waals surface area contributed by atoms with Crippen LogP contribution < -0.4 is 4.73 Å². The molecule has 2 aromatic heterocycles. The zero-order valence-electron chi connectivity index (χ0n) is 13.3. The third-order valence-electron chi connectivity index (χ3n) is 5.36. The minimum absolute atomic E-state index is 0.0662. The molecule has 8 heteroatoms. The Morgan fingerprint density at radius 2 is 2.46 bits per heavy atom. The Hall–Kier alpha value is -2.48. The van der Waals surface area contributed by atoms with Gasteiger partial charge in [-0.15, -0.1) is 0 Å². The maximum atomic E-state index is 12.1. The topological polar surface area (TPSA) is 104 Å². The molecular formula is C16H18N4O4. The van der Waals surface area contributed by atoms with E-state index in [0.717, 1.165) is 30.5 Å². The van der Waals surface area contributed by atoms with Crippen LogP contribution in [-0.4, -0.2) is 39.6 Å². The molecule has 1 fully saturated rings. The summed E-state index contributed by atoms with van der Waals surface area (Å²) in [5, 5.41) is 26.0. The monoisotopic (exact) mass is 330 g/mol. The Kier molecular flexibility index (Phi) is 3.31. The van der Waals surface area contributed by atoms with Gasteiger partial charge in [0.05, 0.1) is 19.0 Å². The summed E-state index contributed by atoms with van der Waals surface area (Å²) in [4.78, 5) is 16.4. The highest BCUT2D eigenvalue weighted by atomic mass is 16.5. The quantitative estimate of drug-likeness (QED) is 0.499. The molecule has 2 aliphatic carbocycles. The van der Waals surface area contributed by atoms with E-state index in [9.17, 15) is 15.1 Å². The number of aliphatic hydroxyl groups is 1. The van der Waals surface area contributed by atoms with Crippen molar-refractivity contribution in [2.75, 3.05) is 13.7 Å². The first-order valence-electron chi connectivity index (χ1n) is 7.96. The van der Waals surface area contributed by atoms with Crippen molar-refractivity contribution in [1.82, 2.24) is 14.8 Å². The minimum Gasteiger partial charge on any atom is -0.619 e. The van der Waals surface area contributed by atoms with E-state index in [1.165, 1.54) is 25.7 Å². The van der Waals surface area contributed by atoms with Gasteiger partial charge in [-0.05, 0) is 19.3 Å². The standard InChI is InChI=1S/C16H18N4O4/c1-24-15(22)13-10-7-16(9-21)4-2-3-11(16)14(10)20(18-13)12-8-19(23)6-5-17-12/h5-6,8,11,21H,2-4,7,9H2,1H3. The fourth-order valence-corrected chi connectivity index (χ4v) is 4.28. The predicted molar refractivity (Wildman–Crippen MR) is 81.5 cm³/mol. The molecule has 2 aromatic rings. The molecule has 0 spiro atoms. The van der Waals surface area contributed by atoms with E-state index in [0.29, 0.717) is 17.0 Å². The maximum Gasteiger partial charge on any atom is 0.358 e. The molecule has 0 aliphatic heterocycles. The molecule has 0 aromatic carbocycles. The van der Waals surface area contributed by atoms with Crippen molar-refractivity contribution >= 4 is 5.97 Å². The van der Waals surface area contributed by atoms with Gasteiger partial charge < -0.3 is 15.1 Å². The molecule has 24 heavy (non-hydrogen) atoms. The van der Waals surface area contributed by atoms with Crippen molar-refractivity contribution in [3.05, 3.63) is 40.7 Å². The summed E-state index contributed by atoms with van der Waals surface area (Å²) < 4.78 is 7.08. The summed E-state index contributed by atoms with van der Waals surface area (Å²) >= 11 is 0. The fraction of sp³-hybridized carbons (Fsp3) is 0.500. The van der Waals surface area contributed by atoms with Gasteiger partial charge in [0.25, 0.3) is 0 Å². The van der Waals surface area contributed by atoms with Crippen molar-refractivity contribution < 1.29 is 19.4 Å². The number of nitrogens with zero attached hydrogens (tertiary/aromatic N) is 4. The zero-order valence-corrected chi connectivity index (χ0v) is 13.3. The van der Waals surface area contributed by atoms with Crippen molar-refractivity contribution in [1.29, 1.82) is 0 Å². The highest BCUT2D eigenvalue weighted by molar-refractivity contribution is 5.89. The number of fused-ring (bicyclic) bond motifs is 3. The highest BCUT2D eigenvalue weighted by Gasteiger charge is 2.53. The lowest BCUT2D eigenvalue weighted by Gasteiger charge is -2.27. The van der Waals surface area contributed by atoms with E-state index in [2.05, 4.69) is 10.1 Å². The number of hydrogen-bond donors (Lipinski definition) is 1. The van der Waals surface area contributed by atoms with Crippen LogP contribution in [-0.2, 0) is 11.2 Å². The van der Waals surface area contributed by atoms with Crippen molar-refractivity contribution in [2.45, 2.75) is 31.6 Å². The van der Waals surface area contributed by atoms with Gasteiger partial charge in [-0.25, -0.2) is 14.5 Å². The van der Waals surface area contributed by atoms with Crippen molar-refractivity contribution in [3.63, 3.8) is 0 Å². The van der Waals surface area contributed by atoms with Gasteiger partial charge in [-0.2, -0.15) is 9.83 Å². The predicted octanol–water partition coefficient (Wildman–Crippen LogP) is 0.490. The van der Waals surface area contributed by atoms with Gasteiger partial charge in [0.15, 0.2) is 11.9 Å². The molecule has 0 bridgehead atoms. The Balaban J connectivity index is 1.93. The average Bonchev–Trinajstić information content (AvgIpc) is 3.22. The van der Waals surface area contributed by atoms with E-state index < -0.39 is 5.97 Å². The third-order valence-corrected chi connectivity index (χ3v) is 5.36. The molecule has 8 nitrogen and oxygen atoms in total. The summed E-state index contributed by atoms with van der Waals surface area (Å²) in [5.41, 5.74) is 1.68. The van der Waals surface area contributed by atoms with Crippen LogP contribution in [0.1, 0.15) is 46.9 Å². The van der Waals surface area contributed by atoms with Gasteiger partial charge in [0.1, 0.15) is 0 Å². The first-order valence-corrected chi connectivity index (χ1v) is 7.96. The van der Waals surface area contributed by atoms with Gasteiger partial charge in [0.2, 0.25) is 12.0 Å². The molecule has 1 saturated carbocycles. The van der Waals surface area contributed by atoms with Gasteiger partial charge in [-0.3, -0.25) is 0 Å². The number of aromatic nitrogens is 4. The smallest absolute Gasteiger partial charge is 0.358 e. The fourth-order valence-electron chi connectivity index (χ4n) is 4.28. The van der Waals surface area contributed by atoms with Crippen LogP contribution in [0.25, 0.3) is 5.82 Å². The number of esters is 1. The maximum absolute atomic E-state index is 12.1. The minimum atomic E-state index is -0.510. The molecule has 0 amide bonds. The summed E-state index contributed by atoms with van der Waals surface area (Å²) in [5.74, 6) is -0.0472. The lowest BCUT2D eigenvalue weighted by molar-refractivity contribution is -0.605. The first-order chi connectivity index (χ1) is 11.6. The number of methoxy groups -OCH3 is 1. The van der Waals surface area contributed by atoms with E-state index in [-0.39, 0.29) is 23.6 Å². The van der Waals surface area contributed by atoms with Gasteiger partial charge in [0, 0.05) is 23.5 Å². The summed E-state index contributed by atoms with van der Waals surface area (Å²) in [6.45, 7) is 0.0662. The second kappa shape index (κ2) is 5.27. The zero-order chi connectivity index (χ0) is 16.9. The van der Waals surface area contributed by atoms with Crippen LogP contribution in [0.2, 0.25) is 0 Å². The molecular weight excluding hydrogens is 312 g/mol. The summed E-state index contributed by atoms with van der Waals surface area (Å²) in [6.07, 6.45) is 7.46. The number of ether oxygens (including phenoxy) is 1. The molecule has 0 saturated heterocycles.